The predicted molar refractivity (Wildman–Crippen MR) is 157 cm³/mol. The van der Waals surface area contributed by atoms with Crippen molar-refractivity contribution in [1.29, 1.82) is 0 Å². The Balaban J connectivity index is 1.40. The van der Waals surface area contributed by atoms with Gasteiger partial charge in [-0.15, -0.1) is 0 Å². The Morgan fingerprint density at radius 3 is 2.67 bits per heavy atom. The third kappa shape index (κ3) is 4.42. The molecule has 0 unspecified atom stereocenters. The van der Waals surface area contributed by atoms with Gasteiger partial charge in [0.15, 0.2) is 11.5 Å². The van der Waals surface area contributed by atoms with Crippen LogP contribution in [0.2, 0.25) is 10.0 Å². The number of Topliss-reactive ketones (excluding diaryl/α,β-unsaturated/α-hetero) is 1. The normalized spacial score (nSPS) is 28.2. The van der Waals surface area contributed by atoms with E-state index >= 15 is 0 Å². The number of likely N-dealkylation sites (tertiary alicyclic amines) is 1. The van der Waals surface area contributed by atoms with Crippen molar-refractivity contribution in [3.8, 4) is 11.5 Å². The van der Waals surface area contributed by atoms with Gasteiger partial charge in [0.05, 0.1) is 36.2 Å². The first-order chi connectivity index (χ1) is 19.1. The Morgan fingerprint density at radius 2 is 1.98 bits per heavy atom. The van der Waals surface area contributed by atoms with Gasteiger partial charge in [0, 0.05) is 23.6 Å². The van der Waals surface area contributed by atoms with Crippen molar-refractivity contribution in [1.82, 2.24) is 9.80 Å². The minimum atomic E-state index is -0.197. The van der Waals surface area contributed by atoms with Gasteiger partial charge < -0.3 is 14.4 Å². The van der Waals surface area contributed by atoms with Crippen molar-refractivity contribution in [2.75, 3.05) is 26.7 Å². The van der Waals surface area contributed by atoms with Crippen LogP contribution in [0.1, 0.15) is 56.7 Å². The van der Waals surface area contributed by atoms with Gasteiger partial charge in [0.2, 0.25) is 5.91 Å². The van der Waals surface area contributed by atoms with Crippen molar-refractivity contribution in [3.63, 3.8) is 0 Å². The molecule has 214 valence electrons. The average molecular weight is 586 g/mol. The minimum absolute atomic E-state index is 0.0583. The second-order valence-corrected chi connectivity index (χ2v) is 13.3. The summed E-state index contributed by atoms with van der Waals surface area (Å²) in [5, 5.41) is 0.945. The number of benzene rings is 2. The van der Waals surface area contributed by atoms with Gasteiger partial charge in [-0.1, -0.05) is 49.2 Å². The molecule has 0 radical (unpaired) electrons. The van der Waals surface area contributed by atoms with Gasteiger partial charge in [-0.25, -0.2) is 0 Å². The number of hydrogen-bond donors (Lipinski definition) is 0. The largest absolute Gasteiger partial charge is 0.493 e. The molecular weight excluding hydrogens is 547 g/mol. The molecule has 2 heterocycles. The monoisotopic (exact) mass is 584 g/mol. The molecule has 0 aromatic heterocycles. The summed E-state index contributed by atoms with van der Waals surface area (Å²) in [7, 11) is 1.70. The summed E-state index contributed by atoms with van der Waals surface area (Å²) >= 11 is 12.4. The summed E-state index contributed by atoms with van der Waals surface area (Å²) < 4.78 is 12.8. The van der Waals surface area contributed by atoms with Crippen molar-refractivity contribution < 1.29 is 19.1 Å². The Labute approximate surface area is 246 Å². The third-order valence-corrected chi connectivity index (χ3v) is 10.4. The van der Waals surface area contributed by atoms with Gasteiger partial charge in [0.25, 0.3) is 0 Å². The number of nitrogens with zero attached hydrogens (tertiary/aromatic N) is 2. The molecule has 5 atom stereocenters. The number of hydrogen-bond acceptors (Lipinski definition) is 5. The smallest absolute Gasteiger partial charge is 0.227 e. The van der Waals surface area contributed by atoms with Crippen LogP contribution in [0, 0.1) is 11.8 Å². The lowest BCUT2D eigenvalue weighted by atomic mass is 9.51. The van der Waals surface area contributed by atoms with Gasteiger partial charge in [-0.3, -0.25) is 14.5 Å². The van der Waals surface area contributed by atoms with E-state index in [1.807, 2.05) is 12.1 Å². The van der Waals surface area contributed by atoms with E-state index in [0.717, 1.165) is 49.3 Å². The van der Waals surface area contributed by atoms with Crippen LogP contribution < -0.4 is 9.47 Å². The number of ether oxygens (including phenoxy) is 2. The Bertz CT molecular complexity index is 1350. The number of ketones is 1. The van der Waals surface area contributed by atoms with Crippen LogP contribution in [-0.4, -0.2) is 66.4 Å². The van der Waals surface area contributed by atoms with E-state index in [2.05, 4.69) is 29.7 Å². The van der Waals surface area contributed by atoms with Crippen molar-refractivity contribution in [3.05, 3.63) is 57.1 Å². The Morgan fingerprint density at radius 1 is 1.18 bits per heavy atom. The van der Waals surface area contributed by atoms with Gasteiger partial charge >= 0.3 is 0 Å². The first kappa shape index (κ1) is 27.9. The molecule has 1 saturated carbocycles. The lowest BCUT2D eigenvalue weighted by Gasteiger charge is -2.60. The molecule has 2 fully saturated rings. The fraction of sp³-hybridized carbons (Fsp3) is 0.562. The summed E-state index contributed by atoms with van der Waals surface area (Å²) in [5.41, 5.74) is 3.25. The Kier molecular flexibility index (Phi) is 7.33. The lowest BCUT2D eigenvalue weighted by molar-refractivity contribution is -0.143. The van der Waals surface area contributed by atoms with Gasteiger partial charge in [-0.2, -0.15) is 0 Å². The van der Waals surface area contributed by atoms with E-state index in [9.17, 15) is 9.59 Å². The molecular formula is C32H38Cl2N2O4. The lowest BCUT2D eigenvalue weighted by Crippen LogP contribution is -2.69. The molecule has 8 heteroatoms. The number of amides is 1. The average Bonchev–Trinajstić information content (AvgIpc) is 3.25. The van der Waals surface area contributed by atoms with Crippen LogP contribution in [0.3, 0.4) is 0 Å². The quantitative estimate of drug-likeness (QED) is 0.397. The van der Waals surface area contributed by atoms with Crippen LogP contribution in [0.15, 0.2) is 30.3 Å². The summed E-state index contributed by atoms with van der Waals surface area (Å²) in [4.78, 5) is 30.8. The molecule has 40 heavy (non-hydrogen) atoms. The second kappa shape index (κ2) is 10.5. The summed E-state index contributed by atoms with van der Waals surface area (Å²) in [6, 6.07) is 9.87. The molecule has 2 aromatic carbocycles. The van der Waals surface area contributed by atoms with E-state index < -0.39 is 0 Å². The van der Waals surface area contributed by atoms with E-state index in [0.29, 0.717) is 41.0 Å². The summed E-state index contributed by atoms with van der Waals surface area (Å²) in [5.74, 6) is 2.59. The van der Waals surface area contributed by atoms with Crippen LogP contribution in [0.25, 0.3) is 0 Å². The maximum absolute atomic E-state index is 14.1. The zero-order valence-corrected chi connectivity index (χ0v) is 25.2. The summed E-state index contributed by atoms with van der Waals surface area (Å²) in [6.07, 6.45) is 3.79. The highest BCUT2D eigenvalue weighted by Crippen LogP contribution is 2.64. The number of carbonyl (C=O) groups excluding carboxylic acids is 2. The number of methoxy groups -OCH3 is 1. The van der Waals surface area contributed by atoms with Crippen molar-refractivity contribution in [2.24, 2.45) is 11.8 Å². The maximum atomic E-state index is 14.1. The summed E-state index contributed by atoms with van der Waals surface area (Å²) in [6.45, 7) is 8.01. The molecule has 1 saturated heterocycles. The minimum Gasteiger partial charge on any atom is -0.493 e. The van der Waals surface area contributed by atoms with Gasteiger partial charge in [0.1, 0.15) is 11.9 Å². The van der Waals surface area contributed by atoms with Crippen LogP contribution in [0.5, 0.6) is 11.5 Å². The number of rotatable bonds is 8. The van der Waals surface area contributed by atoms with E-state index in [4.69, 9.17) is 32.7 Å². The van der Waals surface area contributed by atoms with Crippen molar-refractivity contribution >= 4 is 34.9 Å². The molecule has 1 spiro atoms. The van der Waals surface area contributed by atoms with Crippen molar-refractivity contribution in [2.45, 2.75) is 76.5 Å². The van der Waals surface area contributed by atoms with E-state index in [1.54, 1.807) is 26.2 Å². The highest BCUT2D eigenvalue weighted by Gasteiger charge is 2.66. The molecule has 1 amide bonds. The van der Waals surface area contributed by atoms with Crippen LogP contribution >= 0.6 is 23.2 Å². The van der Waals surface area contributed by atoms with E-state index in [-0.39, 0.29) is 35.7 Å². The van der Waals surface area contributed by atoms with Crippen LogP contribution in [-0.2, 0) is 27.8 Å². The first-order valence-electron chi connectivity index (χ1n) is 14.5. The van der Waals surface area contributed by atoms with E-state index in [1.165, 1.54) is 11.1 Å². The zero-order chi connectivity index (χ0) is 28.3. The van der Waals surface area contributed by atoms with Gasteiger partial charge in [-0.05, 0) is 80.3 Å². The molecule has 2 bridgehead atoms. The van der Waals surface area contributed by atoms with Crippen LogP contribution in [0.4, 0.5) is 0 Å². The fourth-order valence-electron chi connectivity index (χ4n) is 8.29. The molecule has 6 rings (SSSR count). The first-order valence-corrected chi connectivity index (χ1v) is 15.2. The third-order valence-electron chi connectivity index (χ3n) is 9.65. The molecule has 6 nitrogen and oxygen atoms in total. The zero-order valence-electron chi connectivity index (χ0n) is 23.7. The second-order valence-electron chi connectivity index (χ2n) is 12.5. The highest BCUT2D eigenvalue weighted by molar-refractivity contribution is 6.42. The fourth-order valence-corrected chi connectivity index (χ4v) is 8.61. The molecule has 4 aliphatic rings. The SMILES string of the molecule is COc1ccc2c3c1O[C@H]1[C@@H](N(CC(C)C)C(=O)Cc4ccc(Cl)c(Cl)c4)CC[C@H]4[C@@H](C2)N(CC(C)=O)CC[C@@]341. The molecule has 2 aliphatic carbocycles. The maximum Gasteiger partial charge on any atom is 0.227 e. The highest BCUT2D eigenvalue weighted by atomic mass is 35.5. The number of carbonyl (C=O) groups is 2. The number of halogens is 2. The number of piperidine rings is 1. The predicted octanol–water partition coefficient (Wildman–Crippen LogP) is 5.73. The molecule has 2 aromatic rings. The molecule has 0 N–H and O–H groups in total. The Hall–Kier alpha value is -2.28. The standard InChI is InChI=1S/C32H38Cl2N2O4/c1-18(2)16-36(28(38)14-20-5-8-23(33)24(34)13-20)25-9-7-22-26-15-21-6-10-27(39-4)30-29(21)32(22,31(25)40-30)11-12-35(26)17-19(3)37/h5-6,8,10,13,18,22,25-26,31H,7,9,11-12,14-17H2,1-4H3/t22-,25-,26+,31-,32-/m0/s1. The topological polar surface area (TPSA) is 59.1 Å². The molecule has 2 aliphatic heterocycles.